The number of hydrogen-bond acceptors (Lipinski definition) is 5. The van der Waals surface area contributed by atoms with Crippen molar-refractivity contribution in [1.82, 2.24) is 9.62 Å². The predicted molar refractivity (Wildman–Crippen MR) is 93.6 cm³/mol. The fraction of sp³-hybridized carbons (Fsp3) is 0.176. The Morgan fingerprint density at radius 3 is 2.45 bits per heavy atom. The number of anilines is 1. The minimum Gasteiger partial charge on any atom is -0.394 e. The van der Waals surface area contributed by atoms with Crippen LogP contribution < -0.4 is 10.6 Å². The van der Waals surface area contributed by atoms with Gasteiger partial charge in [-0.25, -0.2) is 30.7 Å². The zero-order chi connectivity index (χ0) is 21.3. The normalized spacial score (nSPS) is 16.0. The molecule has 0 saturated heterocycles. The van der Waals surface area contributed by atoms with Crippen molar-refractivity contribution in [2.45, 2.75) is 10.9 Å². The first-order chi connectivity index (χ1) is 13.6. The number of fused-ring (bicyclic) bond motifs is 1. The Kier molecular flexibility index (Phi) is 5.48. The average molecular weight is 429 g/mol. The summed E-state index contributed by atoms with van der Waals surface area (Å²) in [5.41, 5.74) is -0.379. The van der Waals surface area contributed by atoms with Crippen LogP contribution >= 0.6 is 0 Å². The molecule has 154 valence electrons. The highest BCUT2D eigenvalue weighted by molar-refractivity contribution is 7.90. The van der Waals surface area contributed by atoms with Crippen LogP contribution in [0.3, 0.4) is 0 Å². The van der Waals surface area contributed by atoms with E-state index in [4.69, 9.17) is 0 Å². The van der Waals surface area contributed by atoms with Gasteiger partial charge in [0, 0.05) is 11.6 Å². The Labute approximate surface area is 163 Å². The zero-order valence-corrected chi connectivity index (χ0v) is 15.3. The molecule has 1 heterocycles. The average Bonchev–Trinajstić information content (AvgIpc) is 2.64. The Hall–Kier alpha value is -3.12. The number of carbonyl (C=O) groups excluding carboxylic acids is 2. The highest BCUT2D eigenvalue weighted by Gasteiger charge is 2.38. The first-order valence-electron chi connectivity index (χ1n) is 8.12. The Balaban J connectivity index is 1.81. The van der Waals surface area contributed by atoms with Crippen molar-refractivity contribution >= 4 is 27.6 Å². The van der Waals surface area contributed by atoms with E-state index in [1.807, 2.05) is 0 Å². The topological polar surface area (TPSA) is 116 Å². The minimum atomic E-state index is -4.54. The van der Waals surface area contributed by atoms with Crippen LogP contribution in [0.1, 0.15) is 11.6 Å². The van der Waals surface area contributed by atoms with Gasteiger partial charge in [0.15, 0.2) is 0 Å². The molecule has 3 rings (SSSR count). The number of rotatable bonds is 5. The highest BCUT2D eigenvalue weighted by Crippen LogP contribution is 2.30. The Bertz CT molecular complexity index is 1090. The number of carbonyl (C=O) groups is 2. The smallest absolute Gasteiger partial charge is 0.336 e. The number of nitrogens with zero attached hydrogens (tertiary/aromatic N) is 1. The van der Waals surface area contributed by atoms with Gasteiger partial charge in [0.05, 0.1) is 18.3 Å². The first-order valence-corrected chi connectivity index (χ1v) is 9.56. The lowest BCUT2D eigenvalue weighted by Gasteiger charge is -2.28. The summed E-state index contributed by atoms with van der Waals surface area (Å²) in [7, 11) is -4.54. The lowest BCUT2D eigenvalue weighted by molar-refractivity contribution is -0.122. The van der Waals surface area contributed by atoms with Crippen molar-refractivity contribution in [3.63, 3.8) is 0 Å². The van der Waals surface area contributed by atoms with Gasteiger partial charge in [0.2, 0.25) is 5.91 Å². The summed E-state index contributed by atoms with van der Waals surface area (Å²) in [5.74, 6) is -3.81. The molecule has 1 aliphatic rings. The Morgan fingerprint density at radius 1 is 1.14 bits per heavy atom. The molecule has 8 nitrogen and oxygen atoms in total. The number of sulfonamides is 1. The molecular weight excluding hydrogens is 415 g/mol. The predicted octanol–water partition coefficient (Wildman–Crippen LogP) is 1.49. The Morgan fingerprint density at radius 2 is 1.79 bits per heavy atom. The van der Waals surface area contributed by atoms with Gasteiger partial charge >= 0.3 is 6.03 Å². The van der Waals surface area contributed by atoms with Crippen molar-refractivity contribution in [2.75, 3.05) is 18.5 Å². The van der Waals surface area contributed by atoms with Gasteiger partial charge < -0.3 is 15.7 Å². The van der Waals surface area contributed by atoms with E-state index in [9.17, 15) is 36.3 Å². The minimum absolute atomic E-state index is 0.144. The molecule has 1 atom stereocenters. The molecule has 12 heteroatoms. The molecule has 0 fully saturated rings. The quantitative estimate of drug-likeness (QED) is 0.666. The summed E-state index contributed by atoms with van der Waals surface area (Å²) in [6.45, 7) is -1.79. The van der Waals surface area contributed by atoms with Gasteiger partial charge in [-0.2, -0.15) is 0 Å². The van der Waals surface area contributed by atoms with E-state index in [0.717, 1.165) is 24.3 Å². The van der Waals surface area contributed by atoms with Crippen molar-refractivity contribution in [1.29, 1.82) is 0 Å². The third kappa shape index (κ3) is 4.03. The maximum atomic E-state index is 13.9. The summed E-state index contributed by atoms with van der Waals surface area (Å²) < 4.78 is 65.7. The lowest BCUT2D eigenvalue weighted by atomic mass is 10.1. The number of aliphatic hydroxyl groups excluding tert-OH is 1. The van der Waals surface area contributed by atoms with E-state index in [0.29, 0.717) is 12.1 Å². The molecule has 0 radical (unpaired) electrons. The van der Waals surface area contributed by atoms with Gasteiger partial charge in [-0.1, -0.05) is 6.07 Å². The van der Waals surface area contributed by atoms with Crippen molar-refractivity contribution in [3.05, 3.63) is 59.4 Å². The highest BCUT2D eigenvalue weighted by atomic mass is 32.2. The number of hydrogen-bond donors (Lipinski definition) is 3. The molecule has 2 aromatic rings. The second kappa shape index (κ2) is 7.72. The van der Waals surface area contributed by atoms with E-state index in [-0.39, 0.29) is 15.6 Å². The summed E-state index contributed by atoms with van der Waals surface area (Å²) in [6.07, 6.45) is 0. The second-order valence-electron chi connectivity index (χ2n) is 6.05. The number of nitrogens with one attached hydrogen (secondary N) is 2. The molecule has 2 aromatic carbocycles. The molecule has 0 aliphatic carbocycles. The van der Waals surface area contributed by atoms with Crippen molar-refractivity contribution < 1.29 is 36.3 Å². The van der Waals surface area contributed by atoms with Crippen LogP contribution in [0.15, 0.2) is 41.3 Å². The SMILES string of the molecule is O=C(CN1C(=O)Nc2ccc(F)cc2S1(=O)=O)N[C@@H](CO)c1ccc(F)cc1F. The maximum absolute atomic E-state index is 13.9. The fourth-order valence-electron chi connectivity index (χ4n) is 2.75. The van der Waals surface area contributed by atoms with E-state index in [1.54, 1.807) is 0 Å². The lowest BCUT2D eigenvalue weighted by Crippen LogP contribution is -2.49. The molecule has 0 spiro atoms. The molecule has 0 bridgehead atoms. The van der Waals surface area contributed by atoms with Crippen LogP contribution in [0.2, 0.25) is 0 Å². The van der Waals surface area contributed by atoms with Crippen LogP contribution in [0, 0.1) is 17.5 Å². The van der Waals surface area contributed by atoms with Gasteiger partial charge in [0.1, 0.15) is 28.9 Å². The molecule has 29 heavy (non-hydrogen) atoms. The van der Waals surface area contributed by atoms with E-state index < -0.39 is 63.5 Å². The molecular formula is C17H14F3N3O5S. The second-order valence-corrected chi connectivity index (χ2v) is 7.88. The summed E-state index contributed by atoms with van der Waals surface area (Å²) in [5, 5.41) is 13.8. The number of amides is 3. The fourth-order valence-corrected chi connectivity index (χ4v) is 4.20. The van der Waals surface area contributed by atoms with Crippen molar-refractivity contribution in [2.24, 2.45) is 0 Å². The monoisotopic (exact) mass is 429 g/mol. The van der Waals surface area contributed by atoms with E-state index in [1.165, 1.54) is 0 Å². The van der Waals surface area contributed by atoms with Crippen LogP contribution in [0.5, 0.6) is 0 Å². The summed E-state index contributed by atoms with van der Waals surface area (Å²) in [6, 6.07) is 2.74. The number of benzene rings is 2. The third-order valence-electron chi connectivity index (χ3n) is 4.12. The summed E-state index contributed by atoms with van der Waals surface area (Å²) >= 11 is 0. The van der Waals surface area contributed by atoms with Gasteiger partial charge in [0.25, 0.3) is 10.0 Å². The van der Waals surface area contributed by atoms with Gasteiger partial charge in [-0.3, -0.25) is 4.79 Å². The van der Waals surface area contributed by atoms with E-state index >= 15 is 0 Å². The third-order valence-corrected chi connectivity index (χ3v) is 5.89. The van der Waals surface area contributed by atoms with Crippen LogP contribution in [0.25, 0.3) is 0 Å². The summed E-state index contributed by atoms with van der Waals surface area (Å²) in [4.78, 5) is 23.9. The largest absolute Gasteiger partial charge is 0.394 e. The number of halogens is 3. The molecule has 3 N–H and O–H groups in total. The maximum Gasteiger partial charge on any atom is 0.336 e. The standard InChI is InChI=1S/C17H14F3N3O5S/c18-9-1-3-11(12(20)5-9)14(8-24)21-16(25)7-23-17(26)22-13-4-2-10(19)6-15(13)29(23,27)28/h1-6,14,24H,7-8H2,(H,21,25)(H,22,26)/t14-/m0/s1. The zero-order valence-electron chi connectivity index (χ0n) is 14.5. The number of urea groups is 1. The molecule has 3 amide bonds. The van der Waals surface area contributed by atoms with Crippen LogP contribution in [-0.2, 0) is 14.8 Å². The molecule has 0 unspecified atom stereocenters. The molecule has 0 aromatic heterocycles. The number of aliphatic hydroxyl groups is 1. The van der Waals surface area contributed by atoms with E-state index in [2.05, 4.69) is 10.6 Å². The first kappa shape index (κ1) is 20.6. The van der Waals surface area contributed by atoms with Gasteiger partial charge in [-0.05, 0) is 24.3 Å². The van der Waals surface area contributed by atoms with Gasteiger partial charge in [-0.15, -0.1) is 0 Å². The van der Waals surface area contributed by atoms with Crippen LogP contribution in [0.4, 0.5) is 23.7 Å². The molecule has 0 saturated carbocycles. The van der Waals surface area contributed by atoms with Crippen LogP contribution in [-0.4, -0.2) is 42.9 Å². The van der Waals surface area contributed by atoms with Crippen molar-refractivity contribution in [3.8, 4) is 0 Å². The molecule has 1 aliphatic heterocycles.